The third-order valence-corrected chi connectivity index (χ3v) is 4.55. The smallest absolute Gasteiger partial charge is 0.335 e. The van der Waals surface area contributed by atoms with Crippen molar-refractivity contribution in [3.63, 3.8) is 0 Å². The zero-order valence-corrected chi connectivity index (χ0v) is 14.2. The van der Waals surface area contributed by atoms with Crippen LogP contribution in [0.2, 0.25) is 0 Å². The van der Waals surface area contributed by atoms with Crippen LogP contribution in [-0.4, -0.2) is 58.6 Å². The van der Waals surface area contributed by atoms with Crippen molar-refractivity contribution in [3.05, 3.63) is 29.8 Å². The van der Waals surface area contributed by atoms with E-state index in [4.69, 9.17) is 9.84 Å². The summed E-state index contributed by atoms with van der Waals surface area (Å²) >= 11 is 0. The number of ketones is 1. The van der Waals surface area contributed by atoms with Gasteiger partial charge in [-0.3, -0.25) is 9.59 Å². The zero-order valence-electron chi connectivity index (χ0n) is 14.2. The highest BCUT2D eigenvalue weighted by Gasteiger charge is 2.40. The number of amides is 1. The normalized spacial score (nSPS) is 16.3. The summed E-state index contributed by atoms with van der Waals surface area (Å²) in [5.74, 6) is -0.716. The molecule has 2 rings (SSSR count). The number of likely N-dealkylation sites (tertiary alicyclic amines) is 1. The number of piperidine rings is 1. The second kappa shape index (κ2) is 8.11. The Morgan fingerprint density at radius 3 is 2.24 bits per heavy atom. The fourth-order valence-corrected chi connectivity index (χ4v) is 2.82. The first-order valence-electron chi connectivity index (χ1n) is 8.26. The Hall–Kier alpha value is -2.41. The Bertz CT molecular complexity index is 631. The molecule has 0 atom stereocenters. The van der Waals surface area contributed by atoms with Gasteiger partial charge in [-0.1, -0.05) is 0 Å². The Balaban J connectivity index is 1.75. The molecular weight excluding hydrogens is 326 g/mol. The molecule has 0 radical (unpaired) electrons. The predicted octanol–water partition coefficient (Wildman–Crippen LogP) is 1.49. The standard InChI is InChI=1S/C18H23NO6/c1-25-14-7-5-13(6-8-14)15(20)3-2-4-16(21)19-11-9-18(24,10-12-19)17(22)23/h5-8,24H,2-4,9-12H2,1H3,(H,22,23). The van der Waals surface area contributed by atoms with Gasteiger partial charge < -0.3 is 19.8 Å². The van der Waals surface area contributed by atoms with Crippen molar-refractivity contribution in [3.8, 4) is 5.75 Å². The SMILES string of the molecule is COc1ccc(C(=O)CCCC(=O)N2CCC(O)(C(=O)O)CC2)cc1. The van der Waals surface area contributed by atoms with Crippen molar-refractivity contribution in [2.75, 3.05) is 20.2 Å². The lowest BCUT2D eigenvalue weighted by Gasteiger charge is -2.35. The van der Waals surface area contributed by atoms with Crippen LogP contribution in [0, 0.1) is 0 Å². The fourth-order valence-electron chi connectivity index (χ4n) is 2.82. The van der Waals surface area contributed by atoms with Gasteiger partial charge in [0.1, 0.15) is 5.75 Å². The Kier molecular flexibility index (Phi) is 6.14. The largest absolute Gasteiger partial charge is 0.497 e. The van der Waals surface area contributed by atoms with Gasteiger partial charge >= 0.3 is 5.97 Å². The lowest BCUT2D eigenvalue weighted by molar-refractivity contribution is -0.165. The maximum absolute atomic E-state index is 12.1. The van der Waals surface area contributed by atoms with Gasteiger partial charge in [-0.2, -0.15) is 0 Å². The number of carboxylic acids is 1. The van der Waals surface area contributed by atoms with E-state index in [0.29, 0.717) is 17.7 Å². The molecule has 2 N–H and O–H groups in total. The molecule has 0 spiro atoms. The van der Waals surface area contributed by atoms with Gasteiger partial charge in [0, 0.05) is 44.3 Å². The molecule has 7 heteroatoms. The van der Waals surface area contributed by atoms with Crippen LogP contribution in [-0.2, 0) is 9.59 Å². The number of carbonyl (C=O) groups excluding carboxylic acids is 2. The number of methoxy groups -OCH3 is 1. The van der Waals surface area contributed by atoms with Gasteiger partial charge in [0.25, 0.3) is 0 Å². The van der Waals surface area contributed by atoms with Crippen LogP contribution in [0.1, 0.15) is 42.5 Å². The highest BCUT2D eigenvalue weighted by molar-refractivity contribution is 5.96. The second-order valence-electron chi connectivity index (χ2n) is 6.22. The van der Waals surface area contributed by atoms with E-state index in [1.165, 1.54) is 0 Å². The molecular formula is C18H23NO6. The summed E-state index contributed by atoms with van der Waals surface area (Å²) in [6.07, 6.45) is 0.986. The van der Waals surface area contributed by atoms with E-state index >= 15 is 0 Å². The summed E-state index contributed by atoms with van der Waals surface area (Å²) in [6, 6.07) is 6.83. The van der Waals surface area contributed by atoms with E-state index in [1.807, 2.05) is 0 Å². The number of Topliss-reactive ketones (excluding diaryl/α,β-unsaturated/α-hetero) is 1. The molecule has 1 aliphatic heterocycles. The van der Waals surface area contributed by atoms with Crippen LogP contribution >= 0.6 is 0 Å². The maximum Gasteiger partial charge on any atom is 0.335 e. The summed E-state index contributed by atoms with van der Waals surface area (Å²) in [5.41, 5.74) is -1.15. The van der Waals surface area contributed by atoms with Crippen LogP contribution in [0.25, 0.3) is 0 Å². The van der Waals surface area contributed by atoms with Crippen molar-refractivity contribution >= 4 is 17.7 Å². The topological polar surface area (TPSA) is 104 Å². The number of ether oxygens (including phenoxy) is 1. The molecule has 0 aliphatic carbocycles. The van der Waals surface area contributed by atoms with Crippen LogP contribution < -0.4 is 4.74 Å². The summed E-state index contributed by atoms with van der Waals surface area (Å²) in [5, 5.41) is 18.8. The Morgan fingerprint density at radius 2 is 1.72 bits per heavy atom. The Morgan fingerprint density at radius 1 is 1.12 bits per heavy atom. The van der Waals surface area contributed by atoms with E-state index in [2.05, 4.69) is 0 Å². The monoisotopic (exact) mass is 349 g/mol. The summed E-state index contributed by atoms with van der Waals surface area (Å²) in [4.78, 5) is 36.8. The third kappa shape index (κ3) is 4.79. The first kappa shape index (κ1) is 18.9. The number of carboxylic acid groups (broad SMARTS) is 1. The molecule has 0 unspecified atom stereocenters. The average molecular weight is 349 g/mol. The highest BCUT2D eigenvalue weighted by atomic mass is 16.5. The molecule has 25 heavy (non-hydrogen) atoms. The molecule has 1 heterocycles. The number of rotatable bonds is 7. The lowest BCUT2D eigenvalue weighted by Crippen LogP contribution is -2.50. The van der Waals surface area contributed by atoms with Crippen molar-refractivity contribution in [1.29, 1.82) is 0 Å². The predicted molar refractivity (Wildman–Crippen MR) is 89.6 cm³/mol. The zero-order chi connectivity index (χ0) is 18.4. The number of aliphatic carboxylic acids is 1. The van der Waals surface area contributed by atoms with Gasteiger partial charge in [-0.15, -0.1) is 0 Å². The van der Waals surface area contributed by atoms with E-state index in [9.17, 15) is 19.5 Å². The minimum atomic E-state index is -1.74. The van der Waals surface area contributed by atoms with Crippen molar-refractivity contribution in [2.45, 2.75) is 37.7 Å². The number of nitrogens with zero attached hydrogens (tertiary/aromatic N) is 1. The molecule has 0 bridgehead atoms. The number of benzene rings is 1. The van der Waals surface area contributed by atoms with Gasteiger partial charge in [0.2, 0.25) is 5.91 Å². The van der Waals surface area contributed by atoms with Gasteiger partial charge in [0.15, 0.2) is 11.4 Å². The number of hydrogen-bond donors (Lipinski definition) is 2. The first-order chi connectivity index (χ1) is 11.9. The minimum absolute atomic E-state index is 0.0266. The highest BCUT2D eigenvalue weighted by Crippen LogP contribution is 2.23. The van der Waals surface area contributed by atoms with E-state index in [-0.39, 0.29) is 50.5 Å². The van der Waals surface area contributed by atoms with Crippen molar-refractivity contribution in [1.82, 2.24) is 4.90 Å². The van der Waals surface area contributed by atoms with Gasteiger partial charge in [0.05, 0.1) is 7.11 Å². The van der Waals surface area contributed by atoms with Crippen LogP contribution in [0.15, 0.2) is 24.3 Å². The van der Waals surface area contributed by atoms with Gasteiger partial charge in [-0.25, -0.2) is 4.79 Å². The lowest BCUT2D eigenvalue weighted by atomic mass is 9.91. The summed E-state index contributed by atoms with van der Waals surface area (Å²) < 4.78 is 5.04. The molecule has 1 amide bonds. The quantitative estimate of drug-likeness (QED) is 0.723. The molecule has 1 aromatic rings. The van der Waals surface area contributed by atoms with Gasteiger partial charge in [-0.05, 0) is 30.7 Å². The Labute approximate surface area is 146 Å². The minimum Gasteiger partial charge on any atom is -0.497 e. The molecule has 7 nitrogen and oxygen atoms in total. The molecule has 0 saturated carbocycles. The first-order valence-corrected chi connectivity index (χ1v) is 8.26. The fraction of sp³-hybridized carbons (Fsp3) is 0.500. The molecule has 136 valence electrons. The van der Waals surface area contributed by atoms with Crippen LogP contribution in [0.5, 0.6) is 5.75 Å². The van der Waals surface area contributed by atoms with E-state index in [0.717, 1.165) is 0 Å². The number of aliphatic hydroxyl groups is 1. The molecule has 0 aromatic heterocycles. The van der Waals surface area contributed by atoms with E-state index < -0.39 is 11.6 Å². The summed E-state index contributed by atoms with van der Waals surface area (Å²) in [7, 11) is 1.56. The second-order valence-corrected chi connectivity index (χ2v) is 6.22. The summed E-state index contributed by atoms with van der Waals surface area (Å²) in [6.45, 7) is 0.433. The molecule has 1 saturated heterocycles. The molecule has 1 aliphatic rings. The number of hydrogen-bond acceptors (Lipinski definition) is 5. The molecule has 1 fully saturated rings. The number of carbonyl (C=O) groups is 3. The van der Waals surface area contributed by atoms with Crippen molar-refractivity contribution < 1.29 is 29.3 Å². The van der Waals surface area contributed by atoms with Crippen LogP contribution in [0.3, 0.4) is 0 Å². The average Bonchev–Trinajstić information content (AvgIpc) is 2.62. The van der Waals surface area contributed by atoms with Crippen molar-refractivity contribution in [2.24, 2.45) is 0 Å². The van der Waals surface area contributed by atoms with Crippen LogP contribution in [0.4, 0.5) is 0 Å². The van der Waals surface area contributed by atoms with E-state index in [1.54, 1.807) is 36.3 Å². The molecule has 1 aromatic carbocycles. The maximum atomic E-state index is 12.1. The third-order valence-electron chi connectivity index (χ3n) is 4.55.